The standard InChI is InChI=1S/C14H15N3/c15-10-14-16-12-8-4-5-9-13(12)17(14)11-6-2-1-3-7-11/h1-9,12-13H,10,15H2. The molecule has 86 valence electrons. The highest BCUT2D eigenvalue weighted by atomic mass is 15.3. The molecule has 2 unspecified atom stereocenters. The molecule has 3 heteroatoms. The first-order valence-electron chi connectivity index (χ1n) is 5.86. The second-order valence-electron chi connectivity index (χ2n) is 4.21. The first kappa shape index (κ1) is 10.3. The Kier molecular flexibility index (Phi) is 2.53. The Labute approximate surface area is 101 Å². The molecule has 1 aliphatic heterocycles. The number of fused-ring (bicyclic) bond motifs is 1. The summed E-state index contributed by atoms with van der Waals surface area (Å²) in [6, 6.07) is 10.8. The van der Waals surface area contributed by atoms with Crippen LogP contribution in [0.25, 0.3) is 0 Å². The summed E-state index contributed by atoms with van der Waals surface area (Å²) >= 11 is 0. The Morgan fingerprint density at radius 3 is 2.65 bits per heavy atom. The third-order valence-corrected chi connectivity index (χ3v) is 3.17. The van der Waals surface area contributed by atoms with E-state index in [1.54, 1.807) is 0 Å². The third kappa shape index (κ3) is 1.68. The van der Waals surface area contributed by atoms with Crippen molar-refractivity contribution in [2.45, 2.75) is 12.1 Å². The maximum absolute atomic E-state index is 5.80. The molecule has 2 atom stereocenters. The second-order valence-corrected chi connectivity index (χ2v) is 4.21. The summed E-state index contributed by atoms with van der Waals surface area (Å²) in [5.74, 6) is 0.961. The maximum Gasteiger partial charge on any atom is 0.119 e. The zero-order chi connectivity index (χ0) is 11.7. The first-order valence-corrected chi connectivity index (χ1v) is 5.86. The summed E-state index contributed by atoms with van der Waals surface area (Å²) in [6.07, 6.45) is 8.44. The number of amidine groups is 1. The van der Waals surface area contributed by atoms with E-state index in [9.17, 15) is 0 Å². The Morgan fingerprint density at radius 1 is 1.12 bits per heavy atom. The van der Waals surface area contributed by atoms with Crippen LogP contribution in [0, 0.1) is 0 Å². The summed E-state index contributed by atoms with van der Waals surface area (Å²) in [5.41, 5.74) is 6.95. The lowest BCUT2D eigenvalue weighted by Crippen LogP contribution is -2.41. The average molecular weight is 225 g/mol. The summed E-state index contributed by atoms with van der Waals surface area (Å²) in [6.45, 7) is 0.476. The average Bonchev–Trinajstić information content (AvgIpc) is 2.78. The fourth-order valence-electron chi connectivity index (χ4n) is 2.41. The van der Waals surface area contributed by atoms with Crippen molar-refractivity contribution in [1.29, 1.82) is 0 Å². The van der Waals surface area contributed by atoms with Crippen molar-refractivity contribution in [1.82, 2.24) is 0 Å². The highest BCUT2D eigenvalue weighted by molar-refractivity contribution is 6.02. The van der Waals surface area contributed by atoms with Crippen molar-refractivity contribution in [2.24, 2.45) is 10.7 Å². The Morgan fingerprint density at radius 2 is 1.88 bits per heavy atom. The molecule has 1 aromatic rings. The first-order chi connectivity index (χ1) is 8.40. The Balaban J connectivity index is 2.00. The van der Waals surface area contributed by atoms with Gasteiger partial charge in [0.05, 0.1) is 18.6 Å². The minimum absolute atomic E-state index is 0.207. The van der Waals surface area contributed by atoms with E-state index in [-0.39, 0.29) is 12.1 Å². The number of benzene rings is 1. The molecule has 1 aromatic carbocycles. The molecule has 2 N–H and O–H groups in total. The number of para-hydroxylation sites is 1. The third-order valence-electron chi connectivity index (χ3n) is 3.17. The van der Waals surface area contributed by atoms with E-state index < -0.39 is 0 Å². The van der Waals surface area contributed by atoms with Gasteiger partial charge in [-0.1, -0.05) is 42.5 Å². The van der Waals surface area contributed by atoms with Crippen LogP contribution in [0.3, 0.4) is 0 Å². The second kappa shape index (κ2) is 4.18. The quantitative estimate of drug-likeness (QED) is 0.832. The number of allylic oxidation sites excluding steroid dienone is 2. The van der Waals surface area contributed by atoms with Crippen molar-refractivity contribution >= 4 is 11.5 Å². The number of rotatable bonds is 2. The molecular weight excluding hydrogens is 210 g/mol. The number of hydrogen-bond donors (Lipinski definition) is 1. The minimum Gasteiger partial charge on any atom is -0.324 e. The number of hydrogen-bond acceptors (Lipinski definition) is 3. The van der Waals surface area contributed by atoms with Crippen molar-refractivity contribution in [3.05, 3.63) is 54.6 Å². The highest BCUT2D eigenvalue weighted by Gasteiger charge is 2.33. The fraction of sp³-hybridized carbons (Fsp3) is 0.214. The van der Waals surface area contributed by atoms with Gasteiger partial charge in [0.15, 0.2) is 0 Å². The van der Waals surface area contributed by atoms with Gasteiger partial charge in [-0.3, -0.25) is 4.99 Å². The van der Waals surface area contributed by atoms with E-state index >= 15 is 0 Å². The van der Waals surface area contributed by atoms with Gasteiger partial charge in [-0.05, 0) is 12.1 Å². The number of nitrogens with two attached hydrogens (primary N) is 1. The normalized spacial score (nSPS) is 25.9. The molecule has 3 nitrogen and oxygen atoms in total. The summed E-state index contributed by atoms with van der Waals surface area (Å²) in [7, 11) is 0. The van der Waals surface area contributed by atoms with Crippen LogP contribution in [-0.4, -0.2) is 24.5 Å². The number of aliphatic imine (C=N–C) groups is 1. The van der Waals surface area contributed by atoms with Crippen LogP contribution < -0.4 is 10.6 Å². The predicted octanol–water partition coefficient (Wildman–Crippen LogP) is 1.73. The lowest BCUT2D eigenvalue weighted by molar-refractivity contribution is 0.739. The molecule has 0 spiro atoms. The fourth-order valence-corrected chi connectivity index (χ4v) is 2.41. The van der Waals surface area contributed by atoms with Crippen molar-refractivity contribution in [3.63, 3.8) is 0 Å². The van der Waals surface area contributed by atoms with Crippen LogP contribution >= 0.6 is 0 Å². The van der Waals surface area contributed by atoms with E-state index in [1.807, 2.05) is 24.3 Å². The SMILES string of the molecule is NCC1=NC2C=CC=CC2N1c1ccccc1. The summed E-state index contributed by atoms with van der Waals surface area (Å²) in [4.78, 5) is 6.89. The van der Waals surface area contributed by atoms with Gasteiger partial charge in [0.2, 0.25) is 0 Å². The summed E-state index contributed by atoms with van der Waals surface area (Å²) in [5, 5.41) is 0. The molecule has 0 saturated heterocycles. The molecule has 3 rings (SSSR count). The largest absolute Gasteiger partial charge is 0.324 e. The van der Waals surface area contributed by atoms with Gasteiger partial charge in [0, 0.05) is 5.69 Å². The molecule has 2 aliphatic rings. The van der Waals surface area contributed by atoms with Crippen LogP contribution in [0.4, 0.5) is 5.69 Å². The molecule has 17 heavy (non-hydrogen) atoms. The van der Waals surface area contributed by atoms with Gasteiger partial charge < -0.3 is 10.6 Å². The van der Waals surface area contributed by atoms with Crippen LogP contribution in [0.1, 0.15) is 0 Å². The van der Waals surface area contributed by atoms with Gasteiger partial charge in [0.1, 0.15) is 5.84 Å². The molecule has 0 radical (unpaired) electrons. The highest BCUT2D eigenvalue weighted by Crippen LogP contribution is 2.28. The lowest BCUT2D eigenvalue weighted by atomic mass is 10.0. The topological polar surface area (TPSA) is 41.6 Å². The van der Waals surface area contributed by atoms with Gasteiger partial charge in [-0.2, -0.15) is 0 Å². The van der Waals surface area contributed by atoms with E-state index in [4.69, 9.17) is 5.73 Å². The molecule has 0 fully saturated rings. The van der Waals surface area contributed by atoms with Crippen LogP contribution in [0.15, 0.2) is 59.6 Å². The summed E-state index contributed by atoms with van der Waals surface area (Å²) < 4.78 is 0. The Bertz CT molecular complexity index is 487. The molecule has 0 aromatic heterocycles. The number of anilines is 1. The van der Waals surface area contributed by atoms with Crippen LogP contribution in [0.2, 0.25) is 0 Å². The molecule has 1 aliphatic carbocycles. The molecule has 0 bridgehead atoms. The van der Waals surface area contributed by atoms with Crippen LogP contribution in [-0.2, 0) is 0 Å². The maximum atomic E-state index is 5.80. The van der Waals surface area contributed by atoms with Crippen LogP contribution in [0.5, 0.6) is 0 Å². The van der Waals surface area contributed by atoms with Crippen molar-refractivity contribution < 1.29 is 0 Å². The molecule has 1 heterocycles. The van der Waals surface area contributed by atoms with Crippen molar-refractivity contribution in [3.8, 4) is 0 Å². The van der Waals surface area contributed by atoms with E-state index in [0.29, 0.717) is 6.54 Å². The van der Waals surface area contributed by atoms with E-state index in [2.05, 4.69) is 40.3 Å². The zero-order valence-electron chi connectivity index (χ0n) is 9.53. The molecule has 0 saturated carbocycles. The van der Waals surface area contributed by atoms with Crippen molar-refractivity contribution in [2.75, 3.05) is 11.4 Å². The van der Waals surface area contributed by atoms with Gasteiger partial charge in [0.25, 0.3) is 0 Å². The monoisotopic (exact) mass is 225 g/mol. The predicted molar refractivity (Wildman–Crippen MR) is 71.3 cm³/mol. The van der Waals surface area contributed by atoms with Gasteiger partial charge in [-0.15, -0.1) is 0 Å². The van der Waals surface area contributed by atoms with E-state index in [0.717, 1.165) is 11.5 Å². The minimum atomic E-state index is 0.207. The number of nitrogens with zero attached hydrogens (tertiary/aromatic N) is 2. The smallest absolute Gasteiger partial charge is 0.119 e. The zero-order valence-corrected chi connectivity index (χ0v) is 9.53. The Hall–Kier alpha value is -1.87. The van der Waals surface area contributed by atoms with Gasteiger partial charge in [-0.25, -0.2) is 0 Å². The lowest BCUT2D eigenvalue weighted by Gasteiger charge is -2.28. The van der Waals surface area contributed by atoms with Gasteiger partial charge >= 0.3 is 0 Å². The molecule has 0 amide bonds. The molecular formula is C14H15N3. The van der Waals surface area contributed by atoms with E-state index in [1.165, 1.54) is 0 Å².